The molecule has 0 aromatic rings. The van der Waals surface area contributed by atoms with E-state index in [0.29, 0.717) is 11.2 Å². The molecular weight excluding hydrogens is 372 g/mol. The van der Waals surface area contributed by atoms with Crippen LogP contribution in [-0.4, -0.2) is 17.4 Å². The zero-order valence-electron chi connectivity index (χ0n) is 19.5. The number of unbranched alkanes of at least 4 members (excludes halogenated alkanes) is 1. The fraction of sp³-hybridized carbons (Fsp3) is 0.778. The predicted molar refractivity (Wildman–Crippen MR) is 122 cm³/mol. The molecule has 3 heteroatoms. The van der Waals surface area contributed by atoms with Crippen LogP contribution in [0.4, 0.5) is 0 Å². The average molecular weight is 415 g/mol. The summed E-state index contributed by atoms with van der Waals surface area (Å²) < 4.78 is 0. The first-order valence-electron chi connectivity index (χ1n) is 12.3. The first-order valence-corrected chi connectivity index (χ1v) is 12.3. The molecule has 0 bridgehead atoms. The van der Waals surface area contributed by atoms with Crippen LogP contribution < -0.4 is 0 Å². The highest BCUT2D eigenvalue weighted by atomic mass is 16.3. The number of carbonyl (C=O) groups is 2. The molecule has 0 radical (unpaired) electrons. The van der Waals surface area contributed by atoms with E-state index in [9.17, 15) is 4.79 Å². The molecular formula is C27H42O3. The van der Waals surface area contributed by atoms with Gasteiger partial charge in [0.2, 0.25) is 0 Å². The summed E-state index contributed by atoms with van der Waals surface area (Å²) in [6.45, 7) is 9.76. The van der Waals surface area contributed by atoms with E-state index in [4.69, 9.17) is 9.90 Å². The summed E-state index contributed by atoms with van der Waals surface area (Å²) in [4.78, 5) is 20.4. The minimum atomic E-state index is -0.250. The van der Waals surface area contributed by atoms with Gasteiger partial charge in [0.15, 0.2) is 5.78 Å². The molecule has 4 rings (SSSR count). The lowest BCUT2D eigenvalue weighted by Gasteiger charge is -2.61. The summed E-state index contributed by atoms with van der Waals surface area (Å²) in [5.41, 5.74) is 2.11. The molecule has 0 heterocycles. The maximum absolute atomic E-state index is 12.0. The Balaban J connectivity index is 0.000000806. The van der Waals surface area contributed by atoms with E-state index in [1.54, 1.807) is 0 Å². The second-order valence-electron chi connectivity index (χ2n) is 10.9. The van der Waals surface area contributed by atoms with E-state index >= 15 is 0 Å². The van der Waals surface area contributed by atoms with Gasteiger partial charge in [-0.25, -0.2) is 0 Å². The van der Waals surface area contributed by atoms with Crippen molar-refractivity contribution in [2.75, 3.05) is 0 Å². The van der Waals surface area contributed by atoms with Gasteiger partial charge < -0.3 is 5.11 Å². The molecule has 3 nitrogen and oxygen atoms in total. The first-order chi connectivity index (χ1) is 14.3. The van der Waals surface area contributed by atoms with Gasteiger partial charge in [0.1, 0.15) is 0 Å². The lowest BCUT2D eigenvalue weighted by atomic mass is 9.43. The largest absolute Gasteiger partial charge is 0.483 e. The summed E-state index contributed by atoms with van der Waals surface area (Å²) >= 11 is 0. The smallest absolute Gasteiger partial charge is 0.290 e. The van der Waals surface area contributed by atoms with Gasteiger partial charge in [0.25, 0.3) is 6.47 Å². The molecule has 7 atom stereocenters. The Bertz CT molecular complexity index is 692. The topological polar surface area (TPSA) is 54.4 Å². The van der Waals surface area contributed by atoms with Crippen LogP contribution in [0.5, 0.6) is 0 Å². The SMILES string of the molecule is CCCCC(C)C1CCCC2C3C=CC4=CC(=O)CCC4(C)C3CCC12C.O=CO. The zero-order valence-corrected chi connectivity index (χ0v) is 19.5. The van der Waals surface area contributed by atoms with Crippen LogP contribution >= 0.6 is 0 Å². The van der Waals surface area contributed by atoms with E-state index in [2.05, 4.69) is 39.8 Å². The van der Waals surface area contributed by atoms with Crippen molar-refractivity contribution in [2.24, 2.45) is 40.4 Å². The molecule has 2 saturated carbocycles. The van der Waals surface area contributed by atoms with Crippen LogP contribution in [0.1, 0.15) is 91.9 Å². The van der Waals surface area contributed by atoms with Gasteiger partial charge in [-0.2, -0.15) is 0 Å². The van der Waals surface area contributed by atoms with Crippen molar-refractivity contribution in [1.29, 1.82) is 0 Å². The molecule has 0 aromatic carbocycles. The highest BCUT2D eigenvalue weighted by Crippen LogP contribution is 2.64. The number of carboxylic acid groups (broad SMARTS) is 1. The van der Waals surface area contributed by atoms with E-state index in [1.165, 1.54) is 56.9 Å². The minimum Gasteiger partial charge on any atom is -0.483 e. The minimum absolute atomic E-state index is 0.245. The standard InChI is InChI=1S/C26H40O.CH2O2/c1-5-6-8-18(2)22-9-7-10-23-21-12-11-19-17-20(27)13-15-25(19,3)24(21)14-16-26(22,23)4;2-1-3/h11-12,17-18,21-24H,5-10,13-16H2,1-4H3;1H,(H,2,3). The van der Waals surface area contributed by atoms with Crippen LogP contribution in [0.25, 0.3) is 0 Å². The van der Waals surface area contributed by atoms with E-state index in [0.717, 1.165) is 42.4 Å². The van der Waals surface area contributed by atoms with Crippen molar-refractivity contribution in [3.05, 3.63) is 23.8 Å². The Hall–Kier alpha value is -1.38. The fourth-order valence-corrected chi connectivity index (χ4v) is 7.90. The van der Waals surface area contributed by atoms with Crippen LogP contribution in [0.3, 0.4) is 0 Å². The third-order valence-electron chi connectivity index (χ3n) is 9.53. The second kappa shape index (κ2) is 9.40. The number of carbonyl (C=O) groups excluding carboxylic acids is 1. The van der Waals surface area contributed by atoms with Gasteiger partial charge in [0, 0.05) is 6.42 Å². The van der Waals surface area contributed by atoms with Crippen molar-refractivity contribution in [2.45, 2.75) is 91.9 Å². The number of fused-ring (bicyclic) bond motifs is 5. The lowest BCUT2D eigenvalue weighted by molar-refractivity contribution is -0.123. The molecule has 4 aliphatic carbocycles. The Labute approximate surface area is 183 Å². The Morgan fingerprint density at radius 1 is 1.20 bits per heavy atom. The molecule has 0 aromatic heterocycles. The van der Waals surface area contributed by atoms with Gasteiger partial charge >= 0.3 is 0 Å². The molecule has 7 unspecified atom stereocenters. The van der Waals surface area contributed by atoms with Crippen molar-refractivity contribution in [1.82, 2.24) is 0 Å². The van der Waals surface area contributed by atoms with Crippen molar-refractivity contribution >= 4 is 12.3 Å². The summed E-state index contributed by atoms with van der Waals surface area (Å²) in [5.74, 6) is 4.47. The number of hydrogen-bond donors (Lipinski definition) is 1. The molecule has 0 spiro atoms. The molecule has 2 fully saturated rings. The monoisotopic (exact) mass is 414 g/mol. The molecule has 0 saturated heterocycles. The molecule has 0 amide bonds. The van der Waals surface area contributed by atoms with E-state index < -0.39 is 0 Å². The lowest BCUT2D eigenvalue weighted by Crippen LogP contribution is -2.53. The van der Waals surface area contributed by atoms with Gasteiger partial charge in [0.05, 0.1) is 0 Å². The molecule has 0 aliphatic heterocycles. The van der Waals surface area contributed by atoms with Gasteiger partial charge in [-0.1, -0.05) is 65.5 Å². The Morgan fingerprint density at radius 2 is 1.93 bits per heavy atom. The number of allylic oxidation sites excluding steroid dienone is 4. The maximum atomic E-state index is 12.0. The van der Waals surface area contributed by atoms with E-state index in [1.807, 2.05) is 6.08 Å². The van der Waals surface area contributed by atoms with Gasteiger partial charge in [-0.05, 0) is 84.2 Å². The summed E-state index contributed by atoms with van der Waals surface area (Å²) in [6, 6.07) is 0. The summed E-state index contributed by atoms with van der Waals surface area (Å²) in [7, 11) is 0. The van der Waals surface area contributed by atoms with Gasteiger partial charge in [-0.15, -0.1) is 0 Å². The maximum Gasteiger partial charge on any atom is 0.290 e. The molecule has 30 heavy (non-hydrogen) atoms. The Morgan fingerprint density at radius 3 is 2.63 bits per heavy atom. The summed E-state index contributed by atoms with van der Waals surface area (Å²) in [5, 5.41) is 6.89. The number of hydrogen-bond acceptors (Lipinski definition) is 2. The predicted octanol–water partition coefficient (Wildman–Crippen LogP) is 6.83. The number of ketones is 1. The Kier molecular flexibility index (Phi) is 7.30. The number of rotatable bonds is 4. The van der Waals surface area contributed by atoms with Crippen LogP contribution in [0.15, 0.2) is 23.8 Å². The normalized spacial score (nSPS) is 40.7. The second-order valence-corrected chi connectivity index (χ2v) is 10.9. The third kappa shape index (κ3) is 4.06. The summed E-state index contributed by atoms with van der Waals surface area (Å²) in [6.07, 6.45) is 19.9. The highest BCUT2D eigenvalue weighted by Gasteiger charge is 2.56. The van der Waals surface area contributed by atoms with E-state index in [-0.39, 0.29) is 11.9 Å². The van der Waals surface area contributed by atoms with Crippen molar-refractivity contribution in [3.8, 4) is 0 Å². The quantitative estimate of drug-likeness (QED) is 0.513. The third-order valence-corrected chi connectivity index (χ3v) is 9.53. The molecule has 1 N–H and O–H groups in total. The van der Waals surface area contributed by atoms with Gasteiger partial charge in [-0.3, -0.25) is 9.59 Å². The fourth-order valence-electron chi connectivity index (χ4n) is 7.90. The molecule has 4 aliphatic rings. The van der Waals surface area contributed by atoms with Crippen molar-refractivity contribution in [3.63, 3.8) is 0 Å². The first kappa shape index (κ1) is 23.3. The van der Waals surface area contributed by atoms with Crippen molar-refractivity contribution < 1.29 is 14.7 Å². The van der Waals surface area contributed by atoms with Crippen LogP contribution in [0.2, 0.25) is 0 Å². The van der Waals surface area contributed by atoms with Crippen LogP contribution in [0, 0.1) is 40.4 Å². The highest BCUT2D eigenvalue weighted by molar-refractivity contribution is 5.92. The average Bonchev–Trinajstić information content (AvgIpc) is 2.72. The van der Waals surface area contributed by atoms with Crippen LogP contribution in [-0.2, 0) is 9.59 Å². The molecule has 168 valence electrons. The zero-order chi connectivity index (χ0) is 21.9.